The van der Waals surface area contributed by atoms with Gasteiger partial charge >= 0.3 is 0 Å². The maximum Gasteiger partial charge on any atom is 0.0400 e. The van der Waals surface area contributed by atoms with E-state index in [1.165, 1.54) is 50.0 Å². The van der Waals surface area contributed by atoms with Gasteiger partial charge in [-0.3, -0.25) is 0 Å². The van der Waals surface area contributed by atoms with Crippen LogP contribution in [-0.2, 0) is 6.42 Å². The summed E-state index contributed by atoms with van der Waals surface area (Å²) in [7, 11) is 0. The van der Waals surface area contributed by atoms with Gasteiger partial charge in [0.1, 0.15) is 0 Å². The number of nitrogens with zero attached hydrogens (tertiary/aromatic N) is 1. The summed E-state index contributed by atoms with van der Waals surface area (Å²) < 4.78 is 1.15. The van der Waals surface area contributed by atoms with Crippen LogP contribution in [0.1, 0.15) is 31.2 Å². The van der Waals surface area contributed by atoms with Gasteiger partial charge in [-0.15, -0.1) is 0 Å². The van der Waals surface area contributed by atoms with E-state index < -0.39 is 0 Å². The molecule has 1 aromatic rings. The van der Waals surface area contributed by atoms with Gasteiger partial charge in [0.05, 0.1) is 0 Å². The van der Waals surface area contributed by atoms with E-state index >= 15 is 0 Å². The van der Waals surface area contributed by atoms with E-state index in [2.05, 4.69) is 39.0 Å². The van der Waals surface area contributed by atoms with Crippen LogP contribution in [-0.4, -0.2) is 19.6 Å². The predicted molar refractivity (Wildman–Crippen MR) is 77.6 cm³/mol. The first-order valence-corrected chi connectivity index (χ1v) is 7.34. The minimum absolute atomic E-state index is 0.720. The molecule has 0 amide bonds. The molecule has 0 atom stereocenters. The molecule has 1 aliphatic heterocycles. The molecular weight excluding hydrogens is 276 g/mol. The number of anilines is 1. The van der Waals surface area contributed by atoms with E-state index in [1.807, 2.05) is 0 Å². The highest BCUT2D eigenvalue weighted by atomic mass is 79.9. The maximum atomic E-state index is 5.71. The second-order valence-electron chi connectivity index (χ2n) is 4.71. The van der Waals surface area contributed by atoms with E-state index in [0.717, 1.165) is 17.4 Å². The van der Waals surface area contributed by atoms with Gasteiger partial charge in [0.25, 0.3) is 0 Å². The summed E-state index contributed by atoms with van der Waals surface area (Å²) in [5, 5.41) is 0. The zero-order valence-corrected chi connectivity index (χ0v) is 11.9. The molecule has 0 unspecified atom stereocenters. The normalized spacial score (nSPS) is 16.9. The number of rotatable bonds is 3. The molecule has 0 radical (unpaired) electrons. The topological polar surface area (TPSA) is 29.3 Å². The molecule has 1 fully saturated rings. The van der Waals surface area contributed by atoms with Crippen molar-refractivity contribution in [1.29, 1.82) is 0 Å². The van der Waals surface area contributed by atoms with Crippen molar-refractivity contribution in [3.63, 3.8) is 0 Å². The Hall–Kier alpha value is -0.540. The lowest BCUT2D eigenvalue weighted by Gasteiger charge is -2.25. The lowest BCUT2D eigenvalue weighted by Crippen LogP contribution is -2.25. The van der Waals surface area contributed by atoms with Crippen LogP contribution in [0.25, 0.3) is 0 Å². The van der Waals surface area contributed by atoms with Crippen molar-refractivity contribution in [1.82, 2.24) is 0 Å². The summed E-state index contributed by atoms with van der Waals surface area (Å²) in [6, 6.07) is 6.59. The minimum Gasteiger partial charge on any atom is -0.371 e. The quantitative estimate of drug-likeness (QED) is 0.927. The molecule has 2 N–H and O–H groups in total. The Morgan fingerprint density at radius 1 is 1.12 bits per heavy atom. The molecule has 1 saturated heterocycles. The van der Waals surface area contributed by atoms with Gasteiger partial charge < -0.3 is 10.6 Å². The fourth-order valence-electron chi connectivity index (χ4n) is 2.53. The summed E-state index contributed by atoms with van der Waals surface area (Å²) in [5.41, 5.74) is 8.47. The fourth-order valence-corrected chi connectivity index (χ4v) is 2.94. The number of hydrogen-bond donors (Lipinski definition) is 1. The molecule has 0 aliphatic carbocycles. The Morgan fingerprint density at radius 2 is 1.82 bits per heavy atom. The van der Waals surface area contributed by atoms with Crippen LogP contribution < -0.4 is 10.6 Å². The average molecular weight is 297 g/mol. The van der Waals surface area contributed by atoms with Gasteiger partial charge in [0, 0.05) is 23.2 Å². The van der Waals surface area contributed by atoms with E-state index in [0.29, 0.717) is 0 Å². The molecule has 1 aliphatic rings. The van der Waals surface area contributed by atoms with Crippen molar-refractivity contribution in [2.24, 2.45) is 5.73 Å². The van der Waals surface area contributed by atoms with Crippen LogP contribution in [0.3, 0.4) is 0 Å². The average Bonchev–Trinajstić information content (AvgIpc) is 2.58. The van der Waals surface area contributed by atoms with Crippen LogP contribution in [0.2, 0.25) is 0 Å². The van der Waals surface area contributed by atoms with Gasteiger partial charge in [0.15, 0.2) is 0 Å². The lowest BCUT2D eigenvalue weighted by atomic mass is 10.1. The van der Waals surface area contributed by atoms with Crippen LogP contribution in [0.15, 0.2) is 22.7 Å². The second-order valence-corrected chi connectivity index (χ2v) is 5.63. The molecule has 2 nitrogen and oxygen atoms in total. The molecule has 0 spiro atoms. The Labute approximate surface area is 112 Å². The van der Waals surface area contributed by atoms with Crippen LogP contribution in [0.5, 0.6) is 0 Å². The number of nitrogens with two attached hydrogens (primary N) is 1. The predicted octanol–water partition coefficient (Wildman–Crippen LogP) is 3.33. The highest BCUT2D eigenvalue weighted by Crippen LogP contribution is 2.27. The number of halogens is 1. The van der Waals surface area contributed by atoms with Crippen LogP contribution in [0.4, 0.5) is 5.69 Å². The highest BCUT2D eigenvalue weighted by Gasteiger charge is 2.13. The van der Waals surface area contributed by atoms with Gasteiger partial charge in [-0.05, 0) is 49.6 Å². The van der Waals surface area contributed by atoms with Crippen LogP contribution in [0, 0.1) is 0 Å². The molecule has 17 heavy (non-hydrogen) atoms. The largest absolute Gasteiger partial charge is 0.371 e. The van der Waals surface area contributed by atoms with Crippen molar-refractivity contribution in [3.8, 4) is 0 Å². The molecule has 0 bridgehead atoms. The second kappa shape index (κ2) is 6.41. The zero-order chi connectivity index (χ0) is 12.1. The van der Waals surface area contributed by atoms with Crippen molar-refractivity contribution in [3.05, 3.63) is 28.2 Å². The molecule has 1 aromatic carbocycles. The highest BCUT2D eigenvalue weighted by molar-refractivity contribution is 9.10. The third-order valence-corrected chi connectivity index (χ3v) is 3.90. The monoisotopic (exact) mass is 296 g/mol. The number of benzene rings is 1. The summed E-state index contributed by atoms with van der Waals surface area (Å²) >= 11 is 3.55. The maximum absolute atomic E-state index is 5.71. The van der Waals surface area contributed by atoms with Crippen molar-refractivity contribution < 1.29 is 0 Å². The minimum atomic E-state index is 0.720. The van der Waals surface area contributed by atoms with Gasteiger partial charge in [-0.2, -0.15) is 0 Å². The summed E-state index contributed by atoms with van der Waals surface area (Å²) in [6.07, 6.45) is 6.35. The lowest BCUT2D eigenvalue weighted by molar-refractivity contribution is 0.726. The van der Waals surface area contributed by atoms with Gasteiger partial charge in [0.2, 0.25) is 0 Å². The van der Waals surface area contributed by atoms with Crippen LogP contribution >= 0.6 is 15.9 Å². The Morgan fingerprint density at radius 3 is 2.47 bits per heavy atom. The standard InChI is InChI=1S/C14H21BrN2/c15-13-5-6-14(12(11-13)7-8-16)17-9-3-1-2-4-10-17/h5-6,11H,1-4,7-10,16H2. The first-order chi connectivity index (χ1) is 8.31. The molecule has 3 heteroatoms. The van der Waals surface area contributed by atoms with E-state index in [4.69, 9.17) is 5.73 Å². The Balaban J connectivity index is 2.22. The van der Waals surface area contributed by atoms with Crippen molar-refractivity contribution in [2.45, 2.75) is 32.1 Å². The summed E-state index contributed by atoms with van der Waals surface area (Å²) in [4.78, 5) is 2.53. The molecule has 1 heterocycles. The van der Waals surface area contributed by atoms with E-state index in [-0.39, 0.29) is 0 Å². The zero-order valence-electron chi connectivity index (χ0n) is 10.3. The Bertz CT molecular complexity index is 357. The molecule has 0 saturated carbocycles. The molecular formula is C14H21BrN2. The van der Waals surface area contributed by atoms with Gasteiger partial charge in [-0.25, -0.2) is 0 Å². The first kappa shape index (κ1) is 12.9. The van der Waals surface area contributed by atoms with Crippen molar-refractivity contribution in [2.75, 3.05) is 24.5 Å². The molecule has 94 valence electrons. The third kappa shape index (κ3) is 3.46. The molecule has 2 rings (SSSR count). The van der Waals surface area contributed by atoms with Gasteiger partial charge in [-0.1, -0.05) is 28.8 Å². The Kier molecular flexibility index (Phi) is 4.86. The van der Waals surface area contributed by atoms with Crippen molar-refractivity contribution >= 4 is 21.6 Å². The van der Waals surface area contributed by atoms with E-state index in [9.17, 15) is 0 Å². The third-order valence-electron chi connectivity index (χ3n) is 3.40. The smallest absolute Gasteiger partial charge is 0.0400 e. The first-order valence-electron chi connectivity index (χ1n) is 6.54. The SMILES string of the molecule is NCCc1cc(Br)ccc1N1CCCCCC1. The van der Waals surface area contributed by atoms with E-state index in [1.54, 1.807) is 0 Å². The summed E-state index contributed by atoms with van der Waals surface area (Å²) in [5.74, 6) is 0. The molecule has 0 aromatic heterocycles. The number of hydrogen-bond acceptors (Lipinski definition) is 2. The summed E-state index contributed by atoms with van der Waals surface area (Å²) in [6.45, 7) is 3.11. The fraction of sp³-hybridized carbons (Fsp3) is 0.571.